The zero-order valence-electron chi connectivity index (χ0n) is 20.4. The van der Waals surface area contributed by atoms with Crippen LogP contribution in [0.2, 0.25) is 0 Å². The van der Waals surface area contributed by atoms with Crippen LogP contribution in [-0.2, 0) is 11.2 Å². The lowest BCUT2D eigenvalue weighted by molar-refractivity contribution is -0.134. The third-order valence-electron chi connectivity index (χ3n) is 6.07. The summed E-state index contributed by atoms with van der Waals surface area (Å²) in [5.41, 5.74) is 0.937. The zero-order valence-corrected chi connectivity index (χ0v) is 20.4. The van der Waals surface area contributed by atoms with Gasteiger partial charge in [-0.3, -0.25) is 4.79 Å². The summed E-state index contributed by atoms with van der Waals surface area (Å²) < 4.78 is 5.40. The van der Waals surface area contributed by atoms with E-state index in [4.69, 9.17) is 4.74 Å². The highest BCUT2D eigenvalue weighted by Gasteiger charge is 2.08. The van der Waals surface area contributed by atoms with E-state index in [0.717, 1.165) is 31.2 Å². The van der Waals surface area contributed by atoms with Gasteiger partial charge >= 0.3 is 5.97 Å². The maximum absolute atomic E-state index is 12.1. The summed E-state index contributed by atoms with van der Waals surface area (Å²) >= 11 is 0. The Kier molecular flexibility index (Phi) is 17.0. The standard InChI is InChI=1S/C28H48O3/c1-3-5-7-9-10-11-12-13-14-15-16-17-19-21-28(30)31-26-23-22-25(27(29)24-26)20-18-8-6-4-2/h22-24,29H,3-21H2,1-2H3. The van der Waals surface area contributed by atoms with Crippen LogP contribution in [0.25, 0.3) is 0 Å². The van der Waals surface area contributed by atoms with Crippen molar-refractivity contribution < 1.29 is 14.6 Å². The Bertz CT molecular complexity index is 567. The number of ether oxygens (including phenoxy) is 1. The summed E-state index contributed by atoms with van der Waals surface area (Å²) in [6.45, 7) is 4.46. The predicted molar refractivity (Wildman–Crippen MR) is 132 cm³/mol. The largest absolute Gasteiger partial charge is 0.508 e. The summed E-state index contributed by atoms with van der Waals surface area (Å²) in [5, 5.41) is 10.2. The molecule has 0 radical (unpaired) electrons. The van der Waals surface area contributed by atoms with Gasteiger partial charge in [0, 0.05) is 12.5 Å². The SMILES string of the molecule is CCCCCCCCCCCCCCCC(=O)Oc1ccc(CCCCCC)c(O)c1. The molecule has 0 atom stereocenters. The monoisotopic (exact) mass is 432 g/mol. The first-order valence-corrected chi connectivity index (χ1v) is 13.2. The van der Waals surface area contributed by atoms with E-state index in [1.807, 2.05) is 6.07 Å². The molecule has 178 valence electrons. The average Bonchev–Trinajstić information content (AvgIpc) is 2.76. The van der Waals surface area contributed by atoms with Gasteiger partial charge in [-0.15, -0.1) is 0 Å². The zero-order chi connectivity index (χ0) is 22.6. The van der Waals surface area contributed by atoms with Crippen LogP contribution in [0.1, 0.15) is 135 Å². The van der Waals surface area contributed by atoms with Crippen molar-refractivity contribution in [3.05, 3.63) is 23.8 Å². The lowest BCUT2D eigenvalue weighted by Crippen LogP contribution is -2.07. The van der Waals surface area contributed by atoms with Crippen molar-refractivity contribution >= 4 is 5.97 Å². The number of hydrogen-bond acceptors (Lipinski definition) is 3. The van der Waals surface area contributed by atoms with E-state index < -0.39 is 0 Å². The molecular formula is C28H48O3. The van der Waals surface area contributed by atoms with Crippen LogP contribution < -0.4 is 4.74 Å². The summed E-state index contributed by atoms with van der Waals surface area (Å²) in [4.78, 5) is 12.1. The van der Waals surface area contributed by atoms with Crippen LogP contribution in [0.4, 0.5) is 0 Å². The minimum atomic E-state index is -0.196. The van der Waals surface area contributed by atoms with Crippen LogP contribution in [-0.4, -0.2) is 11.1 Å². The van der Waals surface area contributed by atoms with E-state index in [9.17, 15) is 9.90 Å². The van der Waals surface area contributed by atoms with Crippen LogP contribution >= 0.6 is 0 Å². The molecule has 3 nitrogen and oxygen atoms in total. The Hall–Kier alpha value is -1.51. The van der Waals surface area contributed by atoms with Crippen LogP contribution in [0, 0.1) is 0 Å². The van der Waals surface area contributed by atoms with Crippen molar-refractivity contribution in [1.29, 1.82) is 0 Å². The molecule has 1 rings (SSSR count). The molecule has 0 heterocycles. The second kappa shape index (κ2) is 19.2. The number of carbonyl (C=O) groups is 1. The number of rotatable bonds is 20. The third-order valence-corrected chi connectivity index (χ3v) is 6.07. The van der Waals surface area contributed by atoms with Gasteiger partial charge in [-0.05, 0) is 30.9 Å². The predicted octanol–water partition coefficient (Wildman–Crippen LogP) is 8.90. The number of phenols is 1. The highest BCUT2D eigenvalue weighted by Crippen LogP contribution is 2.26. The van der Waals surface area contributed by atoms with E-state index in [0.29, 0.717) is 12.2 Å². The Morgan fingerprint density at radius 3 is 1.71 bits per heavy atom. The van der Waals surface area contributed by atoms with Gasteiger partial charge in [-0.25, -0.2) is 0 Å². The van der Waals surface area contributed by atoms with Crippen molar-refractivity contribution in [2.24, 2.45) is 0 Å². The topological polar surface area (TPSA) is 46.5 Å². The molecule has 0 fully saturated rings. The van der Waals surface area contributed by atoms with Crippen molar-refractivity contribution in [2.75, 3.05) is 0 Å². The number of carbonyl (C=O) groups excluding carboxylic acids is 1. The fourth-order valence-corrected chi connectivity index (χ4v) is 4.03. The van der Waals surface area contributed by atoms with Gasteiger partial charge < -0.3 is 9.84 Å². The summed E-state index contributed by atoms with van der Waals surface area (Å²) in [7, 11) is 0. The van der Waals surface area contributed by atoms with E-state index in [1.54, 1.807) is 12.1 Å². The number of unbranched alkanes of at least 4 members (excludes halogenated alkanes) is 15. The molecule has 1 aromatic rings. The Morgan fingerprint density at radius 2 is 1.19 bits per heavy atom. The molecule has 0 amide bonds. The summed E-state index contributed by atoms with van der Waals surface area (Å²) in [6.07, 6.45) is 22.9. The Balaban J connectivity index is 2.02. The van der Waals surface area contributed by atoms with E-state index in [2.05, 4.69) is 13.8 Å². The first-order chi connectivity index (χ1) is 15.2. The normalized spacial score (nSPS) is 11.0. The minimum absolute atomic E-state index is 0.196. The van der Waals surface area contributed by atoms with Gasteiger partial charge in [0.15, 0.2) is 0 Å². The molecule has 0 saturated carbocycles. The van der Waals surface area contributed by atoms with E-state index >= 15 is 0 Å². The molecular weight excluding hydrogens is 384 g/mol. The van der Waals surface area contributed by atoms with Crippen molar-refractivity contribution in [2.45, 2.75) is 136 Å². The molecule has 1 N–H and O–H groups in total. The van der Waals surface area contributed by atoms with Gasteiger partial charge in [0.1, 0.15) is 11.5 Å². The second-order valence-electron chi connectivity index (χ2n) is 9.07. The van der Waals surface area contributed by atoms with Crippen molar-refractivity contribution in [3.63, 3.8) is 0 Å². The number of esters is 1. The summed E-state index contributed by atoms with van der Waals surface area (Å²) in [5.74, 6) is 0.496. The van der Waals surface area contributed by atoms with E-state index in [-0.39, 0.29) is 11.7 Å². The quantitative estimate of drug-likeness (QED) is 0.127. The molecule has 0 spiro atoms. The maximum atomic E-state index is 12.1. The number of aryl methyl sites for hydroxylation is 1. The minimum Gasteiger partial charge on any atom is -0.508 e. The van der Waals surface area contributed by atoms with Crippen LogP contribution in [0.5, 0.6) is 11.5 Å². The average molecular weight is 433 g/mol. The number of benzene rings is 1. The highest BCUT2D eigenvalue weighted by molar-refractivity contribution is 5.72. The van der Waals surface area contributed by atoms with Gasteiger partial charge in [0.05, 0.1) is 0 Å². The fraction of sp³-hybridized carbons (Fsp3) is 0.750. The Labute approximate surface area is 192 Å². The first kappa shape index (κ1) is 27.5. The fourth-order valence-electron chi connectivity index (χ4n) is 4.03. The van der Waals surface area contributed by atoms with Crippen LogP contribution in [0.3, 0.4) is 0 Å². The molecule has 0 saturated heterocycles. The highest BCUT2D eigenvalue weighted by atomic mass is 16.5. The van der Waals surface area contributed by atoms with Crippen LogP contribution in [0.15, 0.2) is 18.2 Å². The third kappa shape index (κ3) is 15.0. The molecule has 0 aliphatic carbocycles. The van der Waals surface area contributed by atoms with Gasteiger partial charge in [-0.2, -0.15) is 0 Å². The smallest absolute Gasteiger partial charge is 0.311 e. The van der Waals surface area contributed by atoms with Gasteiger partial charge in [0.25, 0.3) is 0 Å². The molecule has 0 unspecified atom stereocenters. The lowest BCUT2D eigenvalue weighted by atomic mass is 10.0. The van der Waals surface area contributed by atoms with Crippen molar-refractivity contribution in [1.82, 2.24) is 0 Å². The molecule has 0 aliphatic rings. The molecule has 0 aromatic heterocycles. The van der Waals surface area contributed by atoms with Crippen molar-refractivity contribution in [3.8, 4) is 11.5 Å². The molecule has 0 aliphatic heterocycles. The molecule has 31 heavy (non-hydrogen) atoms. The molecule has 0 bridgehead atoms. The molecule has 3 heteroatoms. The van der Waals surface area contributed by atoms with Gasteiger partial charge in [-0.1, -0.05) is 116 Å². The number of hydrogen-bond donors (Lipinski definition) is 1. The summed E-state index contributed by atoms with van der Waals surface area (Å²) in [6, 6.07) is 5.27. The second-order valence-corrected chi connectivity index (χ2v) is 9.07. The first-order valence-electron chi connectivity index (χ1n) is 13.2. The number of aromatic hydroxyl groups is 1. The maximum Gasteiger partial charge on any atom is 0.311 e. The van der Waals surface area contributed by atoms with Gasteiger partial charge in [0.2, 0.25) is 0 Å². The lowest BCUT2D eigenvalue weighted by Gasteiger charge is -2.08. The Morgan fingerprint density at radius 1 is 0.710 bits per heavy atom. The number of phenolic OH excluding ortho intramolecular Hbond substituents is 1. The van der Waals surface area contributed by atoms with E-state index in [1.165, 1.54) is 89.9 Å². The molecule has 1 aromatic carbocycles.